The zero-order valence-electron chi connectivity index (χ0n) is 14.2. The second kappa shape index (κ2) is 15.8. The minimum atomic E-state index is -1.67. The van der Waals surface area contributed by atoms with Crippen LogP contribution in [0.25, 0.3) is 0 Å². The molecule has 1 unspecified atom stereocenters. The summed E-state index contributed by atoms with van der Waals surface area (Å²) in [5, 5.41) is 85.9. The average Bonchev–Trinajstić information content (AvgIpc) is 3.02. The molecule has 25 heavy (non-hydrogen) atoms. The van der Waals surface area contributed by atoms with Gasteiger partial charge in [-0.1, -0.05) is 6.92 Å². The minimum absolute atomic E-state index is 0.115. The second-order valence-electron chi connectivity index (χ2n) is 5.40. The molecule has 1 saturated heterocycles. The molecule has 154 valence electrons. The van der Waals surface area contributed by atoms with Crippen LogP contribution in [-0.2, 0) is 4.74 Å². The molecule has 0 aliphatic carbocycles. The van der Waals surface area contributed by atoms with E-state index in [1.54, 1.807) is 0 Å². The van der Waals surface area contributed by atoms with E-state index in [2.05, 4.69) is 4.74 Å². The molecule has 1 heterocycles. The Morgan fingerprint density at radius 2 is 1.12 bits per heavy atom. The van der Waals surface area contributed by atoms with Gasteiger partial charge in [0.15, 0.2) is 0 Å². The molecular formula is C14H32O11. The highest BCUT2D eigenvalue weighted by molar-refractivity contribution is 4.79. The van der Waals surface area contributed by atoms with Crippen molar-refractivity contribution in [1.29, 1.82) is 0 Å². The minimum Gasteiger partial charge on any atom is -0.394 e. The van der Waals surface area contributed by atoms with Crippen molar-refractivity contribution in [1.82, 2.24) is 0 Å². The van der Waals surface area contributed by atoms with Gasteiger partial charge in [-0.2, -0.15) is 0 Å². The summed E-state index contributed by atoms with van der Waals surface area (Å²) in [5.41, 5.74) is 0. The van der Waals surface area contributed by atoms with Crippen molar-refractivity contribution in [2.45, 2.75) is 56.1 Å². The molecule has 0 amide bonds. The Balaban J connectivity index is 0. The standard InChI is InChI=1S/C6H14O6.C4H8O3.C4H10O2/c7-1-3(9)5(11)6(12)4(10)2-8;5-3-1-7-2-4(3)6;1-2-4(6)3-5/h3-12H,1-2H2;3-6H,1-2H2;4-6H,2-3H2,1H3/t3-,4+,5-,6-;3-,4+;/m1../s1. The quantitative estimate of drug-likeness (QED) is 0.203. The van der Waals surface area contributed by atoms with E-state index in [1.807, 2.05) is 6.92 Å². The molecule has 1 rings (SSSR count). The van der Waals surface area contributed by atoms with Gasteiger partial charge in [-0.05, 0) is 6.42 Å². The highest BCUT2D eigenvalue weighted by Crippen LogP contribution is 2.04. The molecule has 0 bridgehead atoms. The van der Waals surface area contributed by atoms with Crippen molar-refractivity contribution < 1.29 is 55.8 Å². The molecule has 0 saturated carbocycles. The third-order valence-corrected chi connectivity index (χ3v) is 3.22. The van der Waals surface area contributed by atoms with Gasteiger partial charge in [-0.15, -0.1) is 0 Å². The van der Waals surface area contributed by atoms with Gasteiger partial charge in [0, 0.05) is 0 Å². The van der Waals surface area contributed by atoms with Crippen LogP contribution in [0.15, 0.2) is 0 Å². The van der Waals surface area contributed by atoms with Crippen molar-refractivity contribution in [2.75, 3.05) is 33.0 Å². The monoisotopic (exact) mass is 376 g/mol. The van der Waals surface area contributed by atoms with E-state index in [1.165, 1.54) is 0 Å². The van der Waals surface area contributed by atoms with Crippen molar-refractivity contribution in [2.24, 2.45) is 0 Å². The molecule has 0 aromatic heterocycles. The van der Waals surface area contributed by atoms with E-state index >= 15 is 0 Å². The summed E-state index contributed by atoms with van der Waals surface area (Å²) in [6.45, 7) is 0.812. The lowest BCUT2D eigenvalue weighted by Crippen LogP contribution is -2.46. The lowest BCUT2D eigenvalue weighted by molar-refractivity contribution is -0.123. The summed E-state index contributed by atoms with van der Waals surface area (Å²) in [5.74, 6) is 0. The van der Waals surface area contributed by atoms with Gasteiger partial charge in [-0.25, -0.2) is 0 Å². The van der Waals surface area contributed by atoms with Crippen molar-refractivity contribution in [3.8, 4) is 0 Å². The average molecular weight is 376 g/mol. The third kappa shape index (κ3) is 12.5. The van der Waals surface area contributed by atoms with Crippen LogP contribution in [0, 0.1) is 0 Å². The maximum absolute atomic E-state index is 8.96. The Labute approximate surface area is 146 Å². The first kappa shape index (κ1) is 26.8. The van der Waals surface area contributed by atoms with E-state index in [4.69, 9.17) is 51.1 Å². The van der Waals surface area contributed by atoms with Crippen LogP contribution in [0.5, 0.6) is 0 Å². The zero-order chi connectivity index (χ0) is 20.0. The normalized spacial score (nSPS) is 25.6. The maximum atomic E-state index is 8.96. The van der Waals surface area contributed by atoms with Gasteiger partial charge in [0.25, 0.3) is 0 Å². The summed E-state index contributed by atoms with van der Waals surface area (Å²) < 4.78 is 4.67. The van der Waals surface area contributed by atoms with Crippen molar-refractivity contribution >= 4 is 0 Å². The lowest BCUT2D eigenvalue weighted by Gasteiger charge is -2.24. The van der Waals surface area contributed by atoms with Crippen LogP contribution in [0.1, 0.15) is 13.3 Å². The summed E-state index contributed by atoms with van der Waals surface area (Å²) in [7, 11) is 0. The first-order valence-corrected chi connectivity index (χ1v) is 7.82. The summed E-state index contributed by atoms with van der Waals surface area (Å²) in [6, 6.07) is 0. The van der Waals surface area contributed by atoms with Crippen LogP contribution in [0.4, 0.5) is 0 Å². The molecule has 11 nitrogen and oxygen atoms in total. The van der Waals surface area contributed by atoms with E-state index in [-0.39, 0.29) is 19.8 Å². The first-order valence-electron chi connectivity index (χ1n) is 7.82. The predicted molar refractivity (Wildman–Crippen MR) is 84.4 cm³/mol. The number of hydrogen-bond donors (Lipinski definition) is 10. The SMILES string of the molecule is CCC(O)CO.OC[C@@H](O)[C@@H](O)[C@H](O)[C@@H](O)CO.O[C@@H]1COC[C@@H]1O. The Kier molecular flexibility index (Phi) is 16.9. The number of aliphatic hydroxyl groups excluding tert-OH is 10. The highest BCUT2D eigenvalue weighted by Gasteiger charge is 2.29. The summed E-state index contributed by atoms with van der Waals surface area (Å²) in [4.78, 5) is 0. The molecule has 10 N–H and O–H groups in total. The van der Waals surface area contributed by atoms with E-state index in [0.29, 0.717) is 6.42 Å². The van der Waals surface area contributed by atoms with Crippen molar-refractivity contribution in [3.05, 3.63) is 0 Å². The van der Waals surface area contributed by atoms with Crippen LogP contribution < -0.4 is 0 Å². The molecular weight excluding hydrogens is 344 g/mol. The Morgan fingerprint density at radius 1 is 0.760 bits per heavy atom. The lowest BCUT2D eigenvalue weighted by atomic mass is 10.0. The van der Waals surface area contributed by atoms with Crippen LogP contribution in [0.3, 0.4) is 0 Å². The van der Waals surface area contributed by atoms with Gasteiger partial charge >= 0.3 is 0 Å². The fourth-order valence-corrected chi connectivity index (χ4v) is 1.33. The maximum Gasteiger partial charge on any atom is 0.111 e. The molecule has 11 heteroatoms. The molecule has 0 aromatic carbocycles. The summed E-state index contributed by atoms with van der Waals surface area (Å²) in [6.07, 6.45) is -7.57. The number of ether oxygens (including phenoxy) is 1. The molecule has 1 aliphatic rings. The largest absolute Gasteiger partial charge is 0.394 e. The number of hydrogen-bond acceptors (Lipinski definition) is 11. The van der Waals surface area contributed by atoms with Crippen LogP contribution >= 0.6 is 0 Å². The Bertz CT molecular complexity index is 268. The smallest absolute Gasteiger partial charge is 0.111 e. The molecule has 1 aliphatic heterocycles. The zero-order valence-corrected chi connectivity index (χ0v) is 14.2. The van der Waals surface area contributed by atoms with E-state index < -0.39 is 55.9 Å². The van der Waals surface area contributed by atoms with Gasteiger partial charge in [0.1, 0.15) is 36.6 Å². The Morgan fingerprint density at radius 3 is 1.24 bits per heavy atom. The topological polar surface area (TPSA) is 212 Å². The number of rotatable bonds is 7. The third-order valence-electron chi connectivity index (χ3n) is 3.22. The van der Waals surface area contributed by atoms with Crippen molar-refractivity contribution in [3.63, 3.8) is 0 Å². The first-order chi connectivity index (χ1) is 11.7. The van der Waals surface area contributed by atoms with Crippen LogP contribution in [0.2, 0.25) is 0 Å². The molecule has 0 aromatic rings. The van der Waals surface area contributed by atoms with Crippen LogP contribution in [-0.4, -0.2) is 127 Å². The van der Waals surface area contributed by atoms with Gasteiger partial charge in [0.2, 0.25) is 0 Å². The van der Waals surface area contributed by atoms with E-state index in [0.717, 1.165) is 0 Å². The molecule has 1 fully saturated rings. The fourth-order valence-electron chi connectivity index (χ4n) is 1.33. The molecule has 0 spiro atoms. The Hall–Kier alpha value is -0.440. The summed E-state index contributed by atoms with van der Waals surface area (Å²) >= 11 is 0. The molecule has 0 radical (unpaired) electrons. The highest BCUT2D eigenvalue weighted by atomic mass is 16.5. The fraction of sp³-hybridized carbons (Fsp3) is 1.00. The molecule has 7 atom stereocenters. The van der Waals surface area contributed by atoms with Gasteiger partial charge in [0.05, 0.1) is 39.1 Å². The predicted octanol–water partition coefficient (Wildman–Crippen LogP) is -5.10. The number of aliphatic hydroxyl groups is 10. The van der Waals surface area contributed by atoms with Gasteiger partial charge in [-0.3, -0.25) is 0 Å². The van der Waals surface area contributed by atoms with E-state index in [9.17, 15) is 0 Å². The second-order valence-corrected chi connectivity index (χ2v) is 5.40. The van der Waals surface area contributed by atoms with Gasteiger partial charge < -0.3 is 55.8 Å².